The van der Waals surface area contributed by atoms with Crippen LogP contribution >= 0.6 is 0 Å². The van der Waals surface area contributed by atoms with Crippen molar-refractivity contribution in [1.29, 1.82) is 0 Å². The van der Waals surface area contributed by atoms with Crippen LogP contribution in [0.4, 0.5) is 0 Å². The molecule has 0 heterocycles. The van der Waals surface area contributed by atoms with Crippen molar-refractivity contribution in [2.24, 2.45) is 0 Å². The lowest BCUT2D eigenvalue weighted by Crippen LogP contribution is -2.07. The molecule has 10 heavy (non-hydrogen) atoms. The molecule has 1 heteroatoms. The van der Waals surface area contributed by atoms with E-state index in [1.165, 1.54) is 12.0 Å². The van der Waals surface area contributed by atoms with Gasteiger partial charge in [0.15, 0.2) is 0 Å². The molecule has 1 N–H and O–H groups in total. The van der Waals surface area contributed by atoms with Gasteiger partial charge in [-0.05, 0) is 39.0 Å². The number of hydrogen-bond donors (Lipinski definition) is 1. The van der Waals surface area contributed by atoms with E-state index in [9.17, 15) is 5.11 Å². The second-order valence-corrected chi connectivity index (χ2v) is 3.17. The van der Waals surface area contributed by atoms with Gasteiger partial charge in [-0.15, -0.1) is 0 Å². The molecule has 0 aromatic carbocycles. The molecule has 1 unspecified atom stereocenters. The Balaban J connectivity index is 2.38. The summed E-state index contributed by atoms with van der Waals surface area (Å²) < 4.78 is 0. The first kappa shape index (κ1) is 7.80. The van der Waals surface area contributed by atoms with Gasteiger partial charge in [0.25, 0.3) is 0 Å². The highest BCUT2D eigenvalue weighted by molar-refractivity contribution is 4.99. The largest absolute Gasteiger partial charge is 0.393 e. The minimum atomic E-state index is -0.0376. The number of aliphatic hydroxyl groups excluding tert-OH is 1. The second-order valence-electron chi connectivity index (χ2n) is 3.17. The van der Waals surface area contributed by atoms with Gasteiger partial charge < -0.3 is 5.11 Å². The van der Waals surface area contributed by atoms with E-state index in [1.54, 1.807) is 0 Å². The van der Waals surface area contributed by atoms with Crippen molar-refractivity contribution in [2.75, 3.05) is 0 Å². The van der Waals surface area contributed by atoms with Gasteiger partial charge in [-0.1, -0.05) is 11.6 Å². The minimum Gasteiger partial charge on any atom is -0.393 e. The molecule has 0 amide bonds. The standard InChI is InChI=1S/C9H16O/c1-8-4-2-6-9(10)7-3-5-8/h4,9-10H,2-3,5-7H2,1H3/b8-4-. The summed E-state index contributed by atoms with van der Waals surface area (Å²) in [5, 5.41) is 9.27. The van der Waals surface area contributed by atoms with E-state index in [-0.39, 0.29) is 6.10 Å². The molecule has 0 aromatic rings. The van der Waals surface area contributed by atoms with Gasteiger partial charge in [0.2, 0.25) is 0 Å². The summed E-state index contributed by atoms with van der Waals surface area (Å²) in [6, 6.07) is 0. The second kappa shape index (κ2) is 3.77. The Labute approximate surface area is 62.8 Å². The number of aliphatic hydroxyl groups is 1. The van der Waals surface area contributed by atoms with Crippen LogP contribution in [0.2, 0.25) is 0 Å². The summed E-state index contributed by atoms with van der Waals surface area (Å²) in [4.78, 5) is 0. The molecule has 1 aliphatic carbocycles. The van der Waals surface area contributed by atoms with Crippen LogP contribution in [0.25, 0.3) is 0 Å². The average Bonchev–Trinajstić information content (AvgIpc) is 1.84. The molecule has 0 aromatic heterocycles. The summed E-state index contributed by atoms with van der Waals surface area (Å²) in [5.41, 5.74) is 1.49. The Hall–Kier alpha value is -0.300. The van der Waals surface area contributed by atoms with Crippen molar-refractivity contribution >= 4 is 0 Å². The van der Waals surface area contributed by atoms with Crippen molar-refractivity contribution in [3.05, 3.63) is 11.6 Å². The van der Waals surface area contributed by atoms with Gasteiger partial charge in [-0.3, -0.25) is 0 Å². The van der Waals surface area contributed by atoms with E-state index >= 15 is 0 Å². The van der Waals surface area contributed by atoms with E-state index in [2.05, 4.69) is 13.0 Å². The molecule has 0 saturated carbocycles. The molecular weight excluding hydrogens is 124 g/mol. The topological polar surface area (TPSA) is 20.2 Å². The van der Waals surface area contributed by atoms with E-state index in [4.69, 9.17) is 0 Å². The highest BCUT2D eigenvalue weighted by Crippen LogP contribution is 2.16. The van der Waals surface area contributed by atoms with Gasteiger partial charge in [-0.2, -0.15) is 0 Å². The smallest absolute Gasteiger partial charge is 0.0543 e. The van der Waals surface area contributed by atoms with Crippen LogP contribution in [-0.4, -0.2) is 11.2 Å². The Kier molecular flexibility index (Phi) is 2.94. The van der Waals surface area contributed by atoms with Crippen molar-refractivity contribution in [1.82, 2.24) is 0 Å². The van der Waals surface area contributed by atoms with Crippen molar-refractivity contribution < 1.29 is 5.11 Å². The third-order valence-corrected chi connectivity index (χ3v) is 2.10. The van der Waals surface area contributed by atoms with Crippen LogP contribution < -0.4 is 0 Å². The van der Waals surface area contributed by atoms with Gasteiger partial charge in [0.1, 0.15) is 0 Å². The lowest BCUT2D eigenvalue weighted by molar-refractivity contribution is 0.151. The first-order valence-electron chi connectivity index (χ1n) is 4.13. The highest BCUT2D eigenvalue weighted by atomic mass is 16.3. The van der Waals surface area contributed by atoms with Gasteiger partial charge >= 0.3 is 0 Å². The summed E-state index contributed by atoms with van der Waals surface area (Å²) in [6.07, 6.45) is 7.56. The average molecular weight is 140 g/mol. The van der Waals surface area contributed by atoms with Gasteiger partial charge in [0.05, 0.1) is 6.10 Å². The van der Waals surface area contributed by atoms with Crippen LogP contribution in [0.5, 0.6) is 0 Å². The number of allylic oxidation sites excluding steroid dienone is 2. The SMILES string of the molecule is C/C1=C/CCC(O)CCC1. The van der Waals surface area contributed by atoms with Crippen LogP contribution in [0, 0.1) is 0 Å². The summed E-state index contributed by atoms with van der Waals surface area (Å²) in [5.74, 6) is 0. The third kappa shape index (κ3) is 2.53. The maximum atomic E-state index is 9.27. The van der Waals surface area contributed by atoms with E-state index < -0.39 is 0 Å². The predicted molar refractivity (Wildman–Crippen MR) is 42.8 cm³/mol. The predicted octanol–water partition coefficient (Wildman–Crippen LogP) is 2.26. The molecule has 0 bridgehead atoms. The zero-order valence-electron chi connectivity index (χ0n) is 6.64. The molecule has 0 aliphatic heterocycles. The fourth-order valence-electron chi connectivity index (χ4n) is 1.39. The minimum absolute atomic E-state index is 0.0376. The van der Waals surface area contributed by atoms with Crippen LogP contribution in [0.3, 0.4) is 0 Å². The van der Waals surface area contributed by atoms with Crippen molar-refractivity contribution in [3.8, 4) is 0 Å². The molecular formula is C9H16O. The zero-order chi connectivity index (χ0) is 7.40. The molecule has 0 fully saturated rings. The summed E-state index contributed by atoms with van der Waals surface area (Å²) in [7, 11) is 0. The van der Waals surface area contributed by atoms with Crippen LogP contribution in [-0.2, 0) is 0 Å². The third-order valence-electron chi connectivity index (χ3n) is 2.10. The Morgan fingerprint density at radius 3 is 3.10 bits per heavy atom. The first-order chi connectivity index (χ1) is 4.79. The van der Waals surface area contributed by atoms with E-state index in [0.717, 1.165) is 25.7 Å². The fourth-order valence-corrected chi connectivity index (χ4v) is 1.39. The molecule has 1 rings (SSSR count). The Bertz CT molecular complexity index is 127. The van der Waals surface area contributed by atoms with Gasteiger partial charge in [-0.25, -0.2) is 0 Å². The molecule has 1 aliphatic rings. The first-order valence-corrected chi connectivity index (χ1v) is 4.13. The Morgan fingerprint density at radius 2 is 2.30 bits per heavy atom. The Morgan fingerprint density at radius 1 is 1.50 bits per heavy atom. The quantitative estimate of drug-likeness (QED) is 0.512. The molecule has 1 atom stereocenters. The zero-order valence-corrected chi connectivity index (χ0v) is 6.64. The summed E-state index contributed by atoms with van der Waals surface area (Å²) in [6.45, 7) is 2.18. The maximum Gasteiger partial charge on any atom is 0.0543 e. The molecule has 0 radical (unpaired) electrons. The van der Waals surface area contributed by atoms with Crippen LogP contribution in [0.15, 0.2) is 11.6 Å². The fraction of sp³-hybridized carbons (Fsp3) is 0.778. The van der Waals surface area contributed by atoms with Crippen molar-refractivity contribution in [2.45, 2.75) is 45.1 Å². The van der Waals surface area contributed by atoms with E-state index in [0.29, 0.717) is 0 Å². The molecule has 1 nitrogen and oxygen atoms in total. The van der Waals surface area contributed by atoms with Gasteiger partial charge in [0, 0.05) is 0 Å². The maximum absolute atomic E-state index is 9.27. The lowest BCUT2D eigenvalue weighted by atomic mass is 9.99. The highest BCUT2D eigenvalue weighted by Gasteiger charge is 2.05. The van der Waals surface area contributed by atoms with Crippen LogP contribution in [0.1, 0.15) is 39.0 Å². The molecule has 58 valence electrons. The summed E-state index contributed by atoms with van der Waals surface area (Å²) >= 11 is 0. The number of rotatable bonds is 0. The molecule has 0 saturated heterocycles. The number of hydrogen-bond acceptors (Lipinski definition) is 1. The normalized spacial score (nSPS) is 33.8. The van der Waals surface area contributed by atoms with Crippen molar-refractivity contribution in [3.63, 3.8) is 0 Å². The lowest BCUT2D eigenvalue weighted by Gasteiger charge is -2.12. The molecule has 0 spiro atoms. The monoisotopic (exact) mass is 140 g/mol. The van der Waals surface area contributed by atoms with E-state index in [1.807, 2.05) is 0 Å².